The molecule has 0 radical (unpaired) electrons. The number of nitrogens with two attached hydrogens (primary N) is 1. The summed E-state index contributed by atoms with van der Waals surface area (Å²) >= 11 is 0. The van der Waals surface area contributed by atoms with Crippen molar-refractivity contribution in [3.63, 3.8) is 0 Å². The maximum absolute atomic E-state index is 13.7. The molecule has 0 saturated heterocycles. The Morgan fingerprint density at radius 3 is 2.73 bits per heavy atom. The molecular formula is C22H20F3N7O. The molecule has 170 valence electrons. The van der Waals surface area contributed by atoms with Crippen LogP contribution in [0.15, 0.2) is 47.7 Å². The number of aromatic nitrogens is 5. The Morgan fingerprint density at radius 1 is 1.27 bits per heavy atom. The molecule has 8 nitrogen and oxygen atoms in total. The molecule has 0 aliphatic heterocycles. The number of benzene rings is 1. The zero-order chi connectivity index (χ0) is 23.3. The molecule has 0 bridgehead atoms. The van der Waals surface area contributed by atoms with Crippen molar-refractivity contribution in [2.45, 2.75) is 38.0 Å². The van der Waals surface area contributed by atoms with E-state index < -0.39 is 23.6 Å². The van der Waals surface area contributed by atoms with Crippen LogP contribution in [0.3, 0.4) is 0 Å². The molecule has 1 aromatic carbocycles. The van der Waals surface area contributed by atoms with Crippen LogP contribution in [0.25, 0.3) is 21.9 Å². The van der Waals surface area contributed by atoms with E-state index in [-0.39, 0.29) is 17.5 Å². The molecule has 1 aliphatic carbocycles. The van der Waals surface area contributed by atoms with E-state index in [2.05, 4.69) is 25.5 Å². The fourth-order valence-corrected chi connectivity index (χ4v) is 4.07. The predicted octanol–water partition coefficient (Wildman–Crippen LogP) is 4.29. The van der Waals surface area contributed by atoms with E-state index in [9.17, 15) is 18.0 Å². The first-order valence-corrected chi connectivity index (χ1v) is 10.4. The normalized spacial score (nSPS) is 15.0. The highest BCUT2D eigenvalue weighted by Gasteiger charge is 2.36. The maximum atomic E-state index is 13.7. The van der Waals surface area contributed by atoms with Gasteiger partial charge in [-0.3, -0.25) is 9.89 Å². The van der Waals surface area contributed by atoms with Crippen LogP contribution in [-0.4, -0.2) is 24.7 Å². The molecule has 11 heteroatoms. The molecule has 33 heavy (non-hydrogen) atoms. The van der Waals surface area contributed by atoms with Crippen LogP contribution < -0.4 is 16.6 Å². The average molecular weight is 455 g/mol. The van der Waals surface area contributed by atoms with Gasteiger partial charge in [-0.2, -0.15) is 23.3 Å². The summed E-state index contributed by atoms with van der Waals surface area (Å²) in [6.45, 7) is 1.69. The first kappa shape index (κ1) is 21.0. The number of hydrogen-bond donors (Lipinski definition) is 3. The quantitative estimate of drug-likeness (QED) is 0.414. The van der Waals surface area contributed by atoms with Crippen LogP contribution in [0.4, 0.5) is 24.9 Å². The van der Waals surface area contributed by atoms with E-state index in [0.717, 1.165) is 24.0 Å². The molecule has 3 aromatic heterocycles. The summed E-state index contributed by atoms with van der Waals surface area (Å²) in [4.78, 5) is 20.9. The number of anilines is 2. The summed E-state index contributed by atoms with van der Waals surface area (Å²) in [7, 11) is 0. The summed E-state index contributed by atoms with van der Waals surface area (Å²) in [6, 6.07) is 6.69. The number of nitrogen functional groups attached to an aromatic ring is 1. The number of fused-ring (bicyclic) bond motifs is 1. The van der Waals surface area contributed by atoms with Gasteiger partial charge in [0.2, 0.25) is 5.95 Å². The van der Waals surface area contributed by atoms with Crippen molar-refractivity contribution in [3.05, 3.63) is 64.5 Å². The number of alkyl halides is 3. The zero-order valence-corrected chi connectivity index (χ0v) is 17.5. The van der Waals surface area contributed by atoms with Crippen molar-refractivity contribution in [1.82, 2.24) is 24.7 Å². The third-order valence-electron chi connectivity index (χ3n) is 5.74. The molecule has 0 amide bonds. The van der Waals surface area contributed by atoms with Gasteiger partial charge in [0.25, 0.3) is 5.56 Å². The van der Waals surface area contributed by atoms with Crippen LogP contribution in [0.5, 0.6) is 0 Å². The first-order chi connectivity index (χ1) is 15.7. The minimum atomic E-state index is -4.66. The van der Waals surface area contributed by atoms with Gasteiger partial charge >= 0.3 is 6.18 Å². The van der Waals surface area contributed by atoms with E-state index in [1.807, 2.05) is 24.3 Å². The second kappa shape index (κ2) is 7.61. The summed E-state index contributed by atoms with van der Waals surface area (Å²) < 4.78 is 42.1. The highest BCUT2D eigenvalue weighted by Crippen LogP contribution is 2.39. The van der Waals surface area contributed by atoms with Crippen molar-refractivity contribution in [2.75, 3.05) is 11.1 Å². The van der Waals surface area contributed by atoms with E-state index in [1.54, 1.807) is 23.9 Å². The van der Waals surface area contributed by atoms with Gasteiger partial charge in [-0.05, 0) is 36.8 Å². The summed E-state index contributed by atoms with van der Waals surface area (Å²) in [5.41, 5.74) is 6.44. The van der Waals surface area contributed by atoms with E-state index >= 15 is 0 Å². The van der Waals surface area contributed by atoms with Gasteiger partial charge in [-0.1, -0.05) is 18.2 Å². The largest absolute Gasteiger partial charge is 0.421 e. The molecule has 4 N–H and O–H groups in total. The fourth-order valence-electron chi connectivity index (χ4n) is 4.07. The van der Waals surface area contributed by atoms with Gasteiger partial charge in [0.1, 0.15) is 11.4 Å². The Morgan fingerprint density at radius 2 is 2.06 bits per heavy atom. The average Bonchev–Trinajstić information content (AvgIpc) is 3.44. The van der Waals surface area contributed by atoms with Gasteiger partial charge in [0.05, 0.1) is 17.6 Å². The van der Waals surface area contributed by atoms with Gasteiger partial charge in [0.15, 0.2) is 0 Å². The highest BCUT2D eigenvalue weighted by atomic mass is 19.4. The van der Waals surface area contributed by atoms with Crippen molar-refractivity contribution < 1.29 is 13.2 Å². The molecule has 1 fully saturated rings. The Balaban J connectivity index is 1.65. The minimum absolute atomic E-state index is 0.00360. The molecular weight excluding hydrogens is 435 g/mol. The molecule has 5 rings (SSSR count). The zero-order valence-electron chi connectivity index (χ0n) is 17.5. The molecule has 3 heterocycles. The van der Waals surface area contributed by atoms with Crippen LogP contribution in [0, 0.1) is 0 Å². The number of aromatic amines is 1. The molecule has 1 atom stereocenters. The van der Waals surface area contributed by atoms with Crippen LogP contribution >= 0.6 is 0 Å². The number of hydrogen-bond acceptors (Lipinski definition) is 6. The molecule has 1 saturated carbocycles. The Bertz CT molecular complexity index is 1390. The van der Waals surface area contributed by atoms with Gasteiger partial charge in [0, 0.05) is 29.7 Å². The van der Waals surface area contributed by atoms with E-state index in [1.165, 1.54) is 0 Å². The number of H-pyrrole nitrogens is 1. The molecule has 1 unspecified atom stereocenters. The third kappa shape index (κ3) is 3.79. The lowest BCUT2D eigenvalue weighted by Gasteiger charge is -2.23. The second-order valence-corrected chi connectivity index (χ2v) is 8.09. The Kier molecular flexibility index (Phi) is 4.84. The predicted molar refractivity (Wildman–Crippen MR) is 118 cm³/mol. The number of pyridine rings is 1. The summed E-state index contributed by atoms with van der Waals surface area (Å²) in [5, 5.41) is 10.8. The first-order valence-electron chi connectivity index (χ1n) is 10.4. The van der Waals surface area contributed by atoms with Gasteiger partial charge in [-0.15, -0.1) is 0 Å². The Labute approximate surface area is 185 Å². The van der Waals surface area contributed by atoms with E-state index in [4.69, 9.17) is 5.73 Å². The third-order valence-corrected chi connectivity index (χ3v) is 5.74. The fraction of sp³-hybridized carbons (Fsp3) is 0.273. The lowest BCUT2D eigenvalue weighted by molar-refractivity contribution is -0.137. The van der Waals surface area contributed by atoms with Gasteiger partial charge in [-0.25, -0.2) is 4.98 Å². The Hall–Kier alpha value is -3.89. The van der Waals surface area contributed by atoms with Crippen molar-refractivity contribution in [2.24, 2.45) is 0 Å². The monoisotopic (exact) mass is 455 g/mol. The van der Waals surface area contributed by atoms with Crippen molar-refractivity contribution in [1.29, 1.82) is 0 Å². The summed E-state index contributed by atoms with van der Waals surface area (Å²) in [5.74, 6) is -0.704. The number of nitrogens with one attached hydrogen (secondary N) is 2. The van der Waals surface area contributed by atoms with E-state index in [0.29, 0.717) is 22.7 Å². The second-order valence-electron chi connectivity index (χ2n) is 8.09. The number of rotatable bonds is 5. The molecule has 0 spiro atoms. The highest BCUT2D eigenvalue weighted by molar-refractivity contribution is 5.96. The SMILES string of the molecule is CC(Nc1nc(N)ncc1C(F)(F)F)c1cc2cccc(-c3cn[nH]c3)c2c(=O)n1C1CC1. The smallest absolute Gasteiger partial charge is 0.368 e. The number of nitrogens with zero attached hydrogens (tertiary/aromatic N) is 4. The minimum Gasteiger partial charge on any atom is -0.368 e. The van der Waals surface area contributed by atoms with Crippen molar-refractivity contribution >= 4 is 22.5 Å². The van der Waals surface area contributed by atoms with Crippen LogP contribution in [0.2, 0.25) is 0 Å². The van der Waals surface area contributed by atoms with Crippen LogP contribution in [-0.2, 0) is 6.18 Å². The standard InChI is InChI=1S/C22H20F3N7O/c1-11(30-19-16(22(23,24)25)10-27-21(26)31-19)17-7-12-3-2-4-15(13-8-28-29-9-13)18(12)20(33)32(17)14-5-6-14/h2-4,7-11,14H,5-6H2,1H3,(H,28,29)(H3,26,27,30,31). The van der Waals surface area contributed by atoms with Gasteiger partial charge < -0.3 is 15.6 Å². The van der Waals surface area contributed by atoms with Crippen LogP contribution in [0.1, 0.15) is 43.1 Å². The molecule has 4 aromatic rings. The number of halogens is 3. The maximum Gasteiger partial charge on any atom is 0.421 e. The molecule has 1 aliphatic rings. The van der Waals surface area contributed by atoms with Crippen molar-refractivity contribution in [3.8, 4) is 11.1 Å². The lowest BCUT2D eigenvalue weighted by Crippen LogP contribution is -2.27. The summed E-state index contributed by atoms with van der Waals surface area (Å²) in [6.07, 6.45) is 1.01. The lowest BCUT2D eigenvalue weighted by atomic mass is 10.00. The topological polar surface area (TPSA) is 115 Å².